The van der Waals surface area contributed by atoms with Gasteiger partial charge in [-0.25, -0.2) is 4.98 Å². The molecule has 6 heteroatoms. The van der Waals surface area contributed by atoms with Gasteiger partial charge in [-0.15, -0.1) is 11.3 Å². The number of thiazole rings is 1. The van der Waals surface area contributed by atoms with E-state index < -0.39 is 0 Å². The highest BCUT2D eigenvalue weighted by Crippen LogP contribution is 2.21. The summed E-state index contributed by atoms with van der Waals surface area (Å²) in [6.45, 7) is 0. The zero-order valence-corrected chi connectivity index (χ0v) is 7.95. The highest BCUT2D eigenvalue weighted by Gasteiger charge is 2.06. The molecule has 0 fully saturated rings. The van der Waals surface area contributed by atoms with E-state index in [0.29, 0.717) is 10.6 Å². The molecule has 5 nitrogen and oxygen atoms in total. The first-order chi connectivity index (χ1) is 6.77. The van der Waals surface area contributed by atoms with Gasteiger partial charge in [0.05, 0.1) is 11.1 Å². The van der Waals surface area contributed by atoms with E-state index in [1.54, 1.807) is 24.8 Å². The van der Waals surface area contributed by atoms with E-state index in [0.717, 1.165) is 5.01 Å². The standard InChI is InChI=1S/C8H7N5S/c9-7(10)6-4-13-8(14-6)5-3-11-1-2-12-5/h1-4H,(H3,9,10). The zero-order valence-electron chi connectivity index (χ0n) is 7.14. The van der Waals surface area contributed by atoms with Crippen LogP contribution in [0.4, 0.5) is 0 Å². The lowest BCUT2D eigenvalue weighted by atomic mass is 10.5. The molecule has 0 saturated heterocycles. The molecule has 3 N–H and O–H groups in total. The molecule has 2 heterocycles. The second kappa shape index (κ2) is 3.51. The first-order valence-electron chi connectivity index (χ1n) is 3.84. The van der Waals surface area contributed by atoms with Crippen molar-refractivity contribution in [3.05, 3.63) is 29.7 Å². The van der Waals surface area contributed by atoms with Gasteiger partial charge < -0.3 is 5.73 Å². The smallest absolute Gasteiger partial charge is 0.144 e. The summed E-state index contributed by atoms with van der Waals surface area (Å²) in [4.78, 5) is 12.8. The number of nitrogens with zero attached hydrogens (tertiary/aromatic N) is 3. The summed E-state index contributed by atoms with van der Waals surface area (Å²) in [5, 5.41) is 7.95. The molecule has 2 aromatic heterocycles. The Bertz CT molecular complexity index is 450. The average molecular weight is 205 g/mol. The minimum absolute atomic E-state index is 0.0256. The van der Waals surface area contributed by atoms with Crippen LogP contribution in [0.3, 0.4) is 0 Å². The summed E-state index contributed by atoms with van der Waals surface area (Å²) in [5.41, 5.74) is 6.02. The van der Waals surface area contributed by atoms with Crippen LogP contribution in [0.25, 0.3) is 10.7 Å². The van der Waals surface area contributed by atoms with Crippen molar-refractivity contribution < 1.29 is 0 Å². The largest absolute Gasteiger partial charge is 0.383 e. The third-order valence-corrected chi connectivity index (χ3v) is 2.61. The van der Waals surface area contributed by atoms with E-state index in [1.807, 2.05) is 0 Å². The fourth-order valence-electron chi connectivity index (χ4n) is 0.927. The lowest BCUT2D eigenvalue weighted by Gasteiger charge is -1.91. The third-order valence-electron chi connectivity index (χ3n) is 1.55. The Kier molecular flexibility index (Phi) is 2.19. The Morgan fingerprint density at radius 3 is 2.71 bits per heavy atom. The topological polar surface area (TPSA) is 88.5 Å². The first-order valence-corrected chi connectivity index (χ1v) is 4.65. The highest BCUT2D eigenvalue weighted by molar-refractivity contribution is 7.16. The van der Waals surface area contributed by atoms with Gasteiger partial charge in [0.1, 0.15) is 16.5 Å². The van der Waals surface area contributed by atoms with Gasteiger partial charge >= 0.3 is 0 Å². The monoisotopic (exact) mass is 205 g/mol. The van der Waals surface area contributed by atoms with Crippen molar-refractivity contribution in [1.82, 2.24) is 15.0 Å². The van der Waals surface area contributed by atoms with Crippen molar-refractivity contribution in [3.63, 3.8) is 0 Å². The Morgan fingerprint density at radius 1 is 1.29 bits per heavy atom. The third kappa shape index (κ3) is 1.60. The second-order valence-electron chi connectivity index (χ2n) is 2.53. The molecular weight excluding hydrogens is 198 g/mol. The van der Waals surface area contributed by atoms with E-state index in [9.17, 15) is 0 Å². The van der Waals surface area contributed by atoms with Gasteiger partial charge in [-0.3, -0.25) is 15.4 Å². The maximum absolute atomic E-state index is 7.22. The minimum atomic E-state index is 0.0256. The summed E-state index contributed by atoms with van der Waals surface area (Å²) in [6.07, 6.45) is 6.40. The predicted octanol–water partition coefficient (Wildman–Crippen LogP) is 0.884. The normalized spacial score (nSPS) is 10.0. The van der Waals surface area contributed by atoms with Gasteiger partial charge in [-0.2, -0.15) is 0 Å². The summed E-state index contributed by atoms with van der Waals surface area (Å²) < 4.78 is 0. The Labute approximate surface area is 84.2 Å². The van der Waals surface area contributed by atoms with E-state index in [2.05, 4.69) is 15.0 Å². The number of hydrogen-bond donors (Lipinski definition) is 2. The SMILES string of the molecule is N=C(N)c1cnc(-c2cnccn2)s1. The molecule has 0 amide bonds. The zero-order chi connectivity index (χ0) is 9.97. The molecule has 0 atom stereocenters. The fraction of sp³-hybridized carbons (Fsp3) is 0. The van der Waals surface area contributed by atoms with Crippen LogP contribution in [0, 0.1) is 5.41 Å². The summed E-state index contributed by atoms with van der Waals surface area (Å²) in [5.74, 6) is 0.0256. The van der Waals surface area contributed by atoms with Crippen LogP contribution in [0.15, 0.2) is 24.8 Å². The maximum Gasteiger partial charge on any atom is 0.144 e. The van der Waals surface area contributed by atoms with Gasteiger partial charge in [-0.05, 0) is 0 Å². The molecule has 0 spiro atoms. The van der Waals surface area contributed by atoms with Crippen molar-refractivity contribution in [1.29, 1.82) is 5.41 Å². The van der Waals surface area contributed by atoms with Gasteiger partial charge in [0.2, 0.25) is 0 Å². The maximum atomic E-state index is 7.22. The number of nitrogen functional groups attached to an aromatic ring is 1. The van der Waals surface area contributed by atoms with E-state index >= 15 is 0 Å². The summed E-state index contributed by atoms with van der Waals surface area (Å²) in [6, 6.07) is 0. The Hall–Kier alpha value is -1.82. The number of rotatable bonds is 2. The number of aromatic nitrogens is 3. The van der Waals surface area contributed by atoms with Crippen LogP contribution >= 0.6 is 11.3 Å². The molecule has 0 aromatic carbocycles. The molecule has 0 radical (unpaired) electrons. The lowest BCUT2D eigenvalue weighted by Crippen LogP contribution is -2.08. The number of nitrogens with one attached hydrogen (secondary N) is 1. The molecule has 0 saturated carbocycles. The summed E-state index contributed by atoms with van der Waals surface area (Å²) in [7, 11) is 0. The lowest BCUT2D eigenvalue weighted by molar-refractivity contribution is 1.19. The van der Waals surface area contributed by atoms with Crippen LogP contribution in [0.2, 0.25) is 0 Å². The van der Waals surface area contributed by atoms with Crippen LogP contribution in [0.1, 0.15) is 4.88 Å². The van der Waals surface area contributed by atoms with Crippen molar-refractivity contribution in [2.45, 2.75) is 0 Å². The second-order valence-corrected chi connectivity index (χ2v) is 3.56. The van der Waals surface area contributed by atoms with Crippen LogP contribution < -0.4 is 5.73 Å². The summed E-state index contributed by atoms with van der Waals surface area (Å²) >= 11 is 1.33. The minimum Gasteiger partial charge on any atom is -0.383 e. The fourth-order valence-corrected chi connectivity index (χ4v) is 1.67. The predicted molar refractivity (Wildman–Crippen MR) is 54.2 cm³/mol. The molecule has 0 aliphatic carbocycles. The van der Waals surface area contributed by atoms with Crippen molar-refractivity contribution in [2.24, 2.45) is 5.73 Å². The molecule has 2 rings (SSSR count). The Balaban J connectivity index is 2.39. The molecule has 0 bridgehead atoms. The number of amidine groups is 1. The molecule has 14 heavy (non-hydrogen) atoms. The van der Waals surface area contributed by atoms with E-state index in [1.165, 1.54) is 11.3 Å². The van der Waals surface area contributed by atoms with Crippen LogP contribution in [-0.4, -0.2) is 20.8 Å². The molecular formula is C8H7N5S. The van der Waals surface area contributed by atoms with Crippen molar-refractivity contribution >= 4 is 17.2 Å². The quantitative estimate of drug-likeness (QED) is 0.562. The number of nitrogens with two attached hydrogens (primary N) is 1. The van der Waals surface area contributed by atoms with Gasteiger partial charge in [0.25, 0.3) is 0 Å². The van der Waals surface area contributed by atoms with Crippen LogP contribution in [-0.2, 0) is 0 Å². The van der Waals surface area contributed by atoms with Crippen LogP contribution in [0.5, 0.6) is 0 Å². The molecule has 0 unspecified atom stereocenters. The highest BCUT2D eigenvalue weighted by atomic mass is 32.1. The van der Waals surface area contributed by atoms with E-state index in [-0.39, 0.29) is 5.84 Å². The van der Waals surface area contributed by atoms with Gasteiger partial charge in [0, 0.05) is 18.6 Å². The Morgan fingerprint density at radius 2 is 2.14 bits per heavy atom. The van der Waals surface area contributed by atoms with Crippen molar-refractivity contribution in [2.75, 3.05) is 0 Å². The molecule has 2 aromatic rings. The van der Waals surface area contributed by atoms with Gasteiger partial charge in [0.15, 0.2) is 0 Å². The molecule has 0 aliphatic rings. The molecule has 0 aliphatic heterocycles. The number of hydrogen-bond acceptors (Lipinski definition) is 5. The van der Waals surface area contributed by atoms with E-state index in [4.69, 9.17) is 11.1 Å². The van der Waals surface area contributed by atoms with Crippen molar-refractivity contribution in [3.8, 4) is 10.7 Å². The molecule has 70 valence electrons. The first kappa shape index (κ1) is 8.76. The average Bonchev–Trinajstić information content (AvgIpc) is 2.68. The van der Waals surface area contributed by atoms with Gasteiger partial charge in [-0.1, -0.05) is 0 Å².